The number of hydrogen-bond acceptors (Lipinski definition) is 4. The van der Waals surface area contributed by atoms with Crippen LogP contribution in [0.25, 0.3) is 0 Å². The zero-order valence-electron chi connectivity index (χ0n) is 19.5. The van der Waals surface area contributed by atoms with Crippen LogP contribution in [-0.4, -0.2) is 35.3 Å². The van der Waals surface area contributed by atoms with Crippen LogP contribution in [0.4, 0.5) is 5.69 Å². The zero-order valence-corrected chi connectivity index (χ0v) is 19.5. The lowest BCUT2D eigenvalue weighted by molar-refractivity contribution is -0.114. The Bertz CT molecular complexity index is 961. The first-order valence-electron chi connectivity index (χ1n) is 12.5. The molecule has 0 aromatic heterocycles. The van der Waals surface area contributed by atoms with Crippen LogP contribution in [-0.2, 0) is 4.79 Å². The van der Waals surface area contributed by atoms with Crippen LogP contribution in [0.15, 0.2) is 47.1 Å². The van der Waals surface area contributed by atoms with Gasteiger partial charge in [-0.15, -0.1) is 0 Å². The van der Waals surface area contributed by atoms with E-state index in [1.54, 1.807) is 5.57 Å². The van der Waals surface area contributed by atoms with Crippen LogP contribution >= 0.6 is 0 Å². The number of allylic oxidation sites excluding steroid dienone is 4. The predicted molar refractivity (Wildman–Crippen MR) is 128 cm³/mol. The Morgan fingerprint density at radius 2 is 1.91 bits per heavy atom. The third-order valence-electron chi connectivity index (χ3n) is 9.41. The minimum absolute atomic E-state index is 0.138. The molecule has 0 spiro atoms. The van der Waals surface area contributed by atoms with E-state index in [0.29, 0.717) is 31.1 Å². The summed E-state index contributed by atoms with van der Waals surface area (Å²) in [5, 5.41) is 24.6. The maximum absolute atomic E-state index is 12.2. The molecular formula is C28H37NO3. The lowest BCUT2D eigenvalue weighted by atomic mass is 9.51. The number of fused-ring (bicyclic) bond motifs is 4. The molecule has 0 bridgehead atoms. The summed E-state index contributed by atoms with van der Waals surface area (Å²) in [5.41, 5.74) is 5.87. The average Bonchev–Trinajstić information content (AvgIpc) is 3.07. The smallest absolute Gasteiger partial charge is 0.156 e. The minimum Gasteiger partial charge on any atom is -0.396 e. The first kappa shape index (κ1) is 21.9. The summed E-state index contributed by atoms with van der Waals surface area (Å²) in [4.78, 5) is 12.2. The van der Waals surface area contributed by atoms with Gasteiger partial charge in [-0.05, 0) is 98.1 Å². The fourth-order valence-corrected chi connectivity index (χ4v) is 7.72. The highest BCUT2D eigenvalue weighted by atomic mass is 16.3. The number of ketones is 1. The molecule has 2 saturated carbocycles. The lowest BCUT2D eigenvalue weighted by Crippen LogP contribution is -2.51. The van der Waals surface area contributed by atoms with Gasteiger partial charge in [-0.25, -0.2) is 0 Å². The van der Waals surface area contributed by atoms with E-state index in [4.69, 9.17) is 0 Å². The molecular weight excluding hydrogens is 398 g/mol. The molecule has 1 aromatic carbocycles. The van der Waals surface area contributed by atoms with Crippen LogP contribution in [0.3, 0.4) is 0 Å². The Labute approximate surface area is 191 Å². The van der Waals surface area contributed by atoms with E-state index < -0.39 is 5.60 Å². The van der Waals surface area contributed by atoms with Crippen molar-refractivity contribution in [2.45, 2.75) is 76.2 Å². The first-order chi connectivity index (χ1) is 15.4. The molecule has 5 rings (SSSR count). The second-order valence-corrected chi connectivity index (χ2v) is 10.8. The molecule has 5 atom stereocenters. The second-order valence-electron chi connectivity index (χ2n) is 10.8. The molecule has 0 heterocycles. The monoisotopic (exact) mass is 435 g/mol. The highest BCUT2D eigenvalue weighted by molar-refractivity contribution is 5.93. The summed E-state index contributed by atoms with van der Waals surface area (Å²) in [6.45, 7) is 2.47. The van der Waals surface area contributed by atoms with Gasteiger partial charge in [-0.1, -0.05) is 24.6 Å². The van der Waals surface area contributed by atoms with Crippen LogP contribution in [0, 0.1) is 17.3 Å². The molecule has 0 amide bonds. The molecule has 2 unspecified atom stereocenters. The van der Waals surface area contributed by atoms with Crippen LogP contribution in [0.2, 0.25) is 0 Å². The summed E-state index contributed by atoms with van der Waals surface area (Å²) in [6, 6.07) is 8.80. The van der Waals surface area contributed by atoms with Crippen molar-refractivity contribution in [3.05, 3.63) is 52.6 Å². The van der Waals surface area contributed by atoms with Crippen LogP contribution in [0.1, 0.15) is 76.2 Å². The van der Waals surface area contributed by atoms with Crippen molar-refractivity contribution in [3.63, 3.8) is 0 Å². The average molecular weight is 436 g/mol. The Hall–Kier alpha value is -1.91. The molecule has 172 valence electrons. The molecule has 0 saturated heterocycles. The van der Waals surface area contributed by atoms with Crippen molar-refractivity contribution in [3.8, 4) is 0 Å². The number of hydrogen-bond donors (Lipinski definition) is 3. The number of aliphatic hydroxyl groups excluding tert-OH is 1. The molecule has 4 heteroatoms. The fourth-order valence-electron chi connectivity index (χ4n) is 7.72. The van der Waals surface area contributed by atoms with Gasteiger partial charge in [0.2, 0.25) is 0 Å². The second kappa shape index (κ2) is 8.14. The van der Waals surface area contributed by atoms with Crippen LogP contribution in [0.5, 0.6) is 0 Å². The Morgan fingerprint density at radius 1 is 1.12 bits per heavy atom. The maximum atomic E-state index is 12.2. The van der Waals surface area contributed by atoms with Gasteiger partial charge in [0, 0.05) is 37.1 Å². The topological polar surface area (TPSA) is 69.6 Å². The highest BCUT2D eigenvalue weighted by Gasteiger charge is 2.62. The van der Waals surface area contributed by atoms with E-state index in [1.165, 1.54) is 16.7 Å². The molecule has 0 radical (unpaired) electrons. The third-order valence-corrected chi connectivity index (χ3v) is 9.41. The van der Waals surface area contributed by atoms with E-state index in [1.807, 2.05) is 13.1 Å². The number of carbonyl (C=O) groups is 1. The molecule has 4 aliphatic rings. The van der Waals surface area contributed by atoms with Gasteiger partial charge in [-0.3, -0.25) is 4.79 Å². The summed E-state index contributed by atoms with van der Waals surface area (Å²) >= 11 is 0. The number of aliphatic hydroxyl groups is 2. The number of carbonyl (C=O) groups excluding carboxylic acids is 1. The van der Waals surface area contributed by atoms with Crippen molar-refractivity contribution in [2.24, 2.45) is 17.3 Å². The Morgan fingerprint density at radius 3 is 2.62 bits per heavy atom. The predicted octanol–water partition coefficient (Wildman–Crippen LogP) is 5.13. The molecule has 4 aliphatic carbocycles. The lowest BCUT2D eigenvalue weighted by Gasteiger charge is -2.55. The standard InChI is InChI=1S/C28H37NO3/c1-27-17-24(18-4-7-20(29-2)8-5-18)26-22-11-9-21(31)16-19(22)6-10-23(26)25(27)12-14-28(27,32)13-3-15-30/h4-5,7-8,16,23-25,29-30,32H,3,6,9-15,17H2,1-2H3/t23?,24-,25?,27-,28-/m1/s1. The Kier molecular flexibility index (Phi) is 5.58. The SMILES string of the molecule is CNc1ccc([C@H]2C[C@]3(C)C(CC[C@]3(O)CCCO)C3CCC4=CC(=O)CCC4=C32)cc1. The number of benzene rings is 1. The van der Waals surface area contributed by atoms with E-state index in [2.05, 4.69) is 36.5 Å². The number of anilines is 1. The number of nitrogens with one attached hydrogen (secondary N) is 1. The van der Waals surface area contributed by atoms with E-state index in [-0.39, 0.29) is 23.7 Å². The van der Waals surface area contributed by atoms with Crippen molar-refractivity contribution in [1.29, 1.82) is 0 Å². The third kappa shape index (κ3) is 3.30. The molecule has 32 heavy (non-hydrogen) atoms. The fraction of sp³-hybridized carbons (Fsp3) is 0.607. The van der Waals surface area contributed by atoms with Crippen molar-refractivity contribution >= 4 is 11.5 Å². The van der Waals surface area contributed by atoms with E-state index in [0.717, 1.165) is 44.2 Å². The maximum Gasteiger partial charge on any atom is 0.156 e. The summed E-state index contributed by atoms with van der Waals surface area (Å²) in [6.07, 6.45) is 9.67. The zero-order chi connectivity index (χ0) is 22.5. The summed E-state index contributed by atoms with van der Waals surface area (Å²) in [5.74, 6) is 1.50. The van der Waals surface area contributed by atoms with Gasteiger partial charge in [0.25, 0.3) is 0 Å². The van der Waals surface area contributed by atoms with Gasteiger partial charge in [0.05, 0.1) is 5.60 Å². The molecule has 2 fully saturated rings. The van der Waals surface area contributed by atoms with Gasteiger partial charge in [-0.2, -0.15) is 0 Å². The van der Waals surface area contributed by atoms with E-state index in [9.17, 15) is 15.0 Å². The number of rotatable bonds is 5. The molecule has 1 aromatic rings. The molecule has 3 N–H and O–H groups in total. The normalized spacial score (nSPS) is 36.3. The highest BCUT2D eigenvalue weighted by Crippen LogP contribution is 2.67. The molecule has 0 aliphatic heterocycles. The molecule has 4 nitrogen and oxygen atoms in total. The van der Waals surface area contributed by atoms with Gasteiger partial charge < -0.3 is 15.5 Å². The van der Waals surface area contributed by atoms with E-state index >= 15 is 0 Å². The first-order valence-corrected chi connectivity index (χ1v) is 12.5. The summed E-state index contributed by atoms with van der Waals surface area (Å²) in [7, 11) is 1.94. The van der Waals surface area contributed by atoms with Crippen molar-refractivity contribution in [1.82, 2.24) is 0 Å². The summed E-state index contributed by atoms with van der Waals surface area (Å²) < 4.78 is 0. The van der Waals surface area contributed by atoms with Gasteiger partial charge in [0.1, 0.15) is 0 Å². The van der Waals surface area contributed by atoms with Crippen molar-refractivity contribution < 1.29 is 15.0 Å². The Balaban J connectivity index is 1.63. The van der Waals surface area contributed by atoms with Gasteiger partial charge >= 0.3 is 0 Å². The van der Waals surface area contributed by atoms with Crippen LogP contribution < -0.4 is 5.32 Å². The quantitative estimate of drug-likeness (QED) is 0.600. The van der Waals surface area contributed by atoms with Gasteiger partial charge in [0.15, 0.2) is 5.78 Å². The minimum atomic E-state index is -0.710. The van der Waals surface area contributed by atoms with Crippen molar-refractivity contribution in [2.75, 3.05) is 19.0 Å². The largest absolute Gasteiger partial charge is 0.396 e.